The van der Waals surface area contributed by atoms with Crippen LogP contribution in [-0.4, -0.2) is 5.11 Å². The van der Waals surface area contributed by atoms with Crippen LogP contribution in [-0.2, 0) is 6.54 Å². The van der Waals surface area contributed by atoms with Gasteiger partial charge in [-0.1, -0.05) is 30.2 Å². The molecule has 0 amide bonds. The van der Waals surface area contributed by atoms with Gasteiger partial charge in [0, 0.05) is 6.54 Å². The normalized spacial score (nSPS) is 12.1. The van der Waals surface area contributed by atoms with Crippen LogP contribution in [0, 0.1) is 12.3 Å². The Morgan fingerprint density at radius 3 is 2.42 bits per heavy atom. The molecule has 0 radical (unpaired) electrons. The van der Waals surface area contributed by atoms with E-state index in [0.29, 0.717) is 6.54 Å². The van der Waals surface area contributed by atoms with Gasteiger partial charge in [-0.25, -0.2) is 0 Å². The molecule has 12 heavy (non-hydrogen) atoms. The van der Waals surface area contributed by atoms with Gasteiger partial charge in [0.25, 0.3) is 0 Å². The van der Waals surface area contributed by atoms with E-state index >= 15 is 0 Å². The molecule has 1 rings (SSSR count). The van der Waals surface area contributed by atoms with Crippen LogP contribution in [0.1, 0.15) is 17.2 Å². The fraction of sp³-hybridized carbons (Fsp3) is 0.200. The molecule has 1 unspecified atom stereocenters. The number of nitrogens with two attached hydrogens (primary N) is 1. The van der Waals surface area contributed by atoms with Crippen LogP contribution in [0.25, 0.3) is 0 Å². The summed E-state index contributed by atoms with van der Waals surface area (Å²) in [5.74, 6) is 2.24. The summed E-state index contributed by atoms with van der Waals surface area (Å²) in [6.45, 7) is 0.506. The summed E-state index contributed by atoms with van der Waals surface area (Å²) in [7, 11) is 0. The van der Waals surface area contributed by atoms with E-state index in [2.05, 4.69) is 5.92 Å². The van der Waals surface area contributed by atoms with Crippen LogP contribution in [0.3, 0.4) is 0 Å². The number of benzene rings is 1. The highest BCUT2D eigenvalue weighted by Gasteiger charge is 2.01. The fourth-order valence-corrected chi connectivity index (χ4v) is 0.932. The van der Waals surface area contributed by atoms with Crippen LogP contribution >= 0.6 is 0 Å². The number of aliphatic hydroxyl groups is 1. The van der Waals surface area contributed by atoms with Crippen LogP contribution in [0.2, 0.25) is 0 Å². The maximum Gasteiger partial charge on any atom is 0.139 e. The van der Waals surface area contributed by atoms with Gasteiger partial charge in [0.2, 0.25) is 0 Å². The summed E-state index contributed by atoms with van der Waals surface area (Å²) in [6, 6.07) is 7.28. The topological polar surface area (TPSA) is 46.2 Å². The third-order valence-corrected chi connectivity index (χ3v) is 1.69. The van der Waals surface area contributed by atoms with Crippen molar-refractivity contribution in [3.05, 3.63) is 35.4 Å². The molecule has 1 aromatic carbocycles. The molecule has 0 aliphatic rings. The van der Waals surface area contributed by atoms with Gasteiger partial charge in [0.15, 0.2) is 0 Å². The molecule has 0 heterocycles. The predicted octanol–water partition coefficient (Wildman–Crippen LogP) is 0.812. The van der Waals surface area contributed by atoms with E-state index in [-0.39, 0.29) is 0 Å². The van der Waals surface area contributed by atoms with Crippen LogP contribution in [0.4, 0.5) is 0 Å². The average molecular weight is 161 g/mol. The number of rotatable bonds is 2. The van der Waals surface area contributed by atoms with E-state index in [4.69, 9.17) is 12.2 Å². The zero-order chi connectivity index (χ0) is 8.97. The molecule has 0 bridgehead atoms. The van der Waals surface area contributed by atoms with Crippen molar-refractivity contribution in [2.45, 2.75) is 12.6 Å². The minimum absolute atomic E-state index is 0.506. The van der Waals surface area contributed by atoms with Crippen LogP contribution in [0.5, 0.6) is 0 Å². The van der Waals surface area contributed by atoms with Gasteiger partial charge in [-0.15, -0.1) is 6.42 Å². The maximum atomic E-state index is 9.23. The van der Waals surface area contributed by atoms with Gasteiger partial charge < -0.3 is 10.8 Å². The highest BCUT2D eigenvalue weighted by molar-refractivity contribution is 5.27. The van der Waals surface area contributed by atoms with Gasteiger partial charge in [-0.05, 0) is 11.1 Å². The summed E-state index contributed by atoms with van der Waals surface area (Å²) in [6.07, 6.45) is 4.24. The highest BCUT2D eigenvalue weighted by atomic mass is 16.3. The molecule has 3 N–H and O–H groups in total. The lowest BCUT2D eigenvalue weighted by atomic mass is 10.1. The average Bonchev–Trinajstić information content (AvgIpc) is 2.17. The minimum Gasteiger partial charge on any atom is -0.376 e. The Kier molecular flexibility index (Phi) is 2.87. The first-order valence-electron chi connectivity index (χ1n) is 3.71. The van der Waals surface area contributed by atoms with Crippen molar-refractivity contribution in [3.8, 4) is 12.3 Å². The van der Waals surface area contributed by atoms with Crippen molar-refractivity contribution in [1.82, 2.24) is 0 Å². The smallest absolute Gasteiger partial charge is 0.139 e. The first-order valence-corrected chi connectivity index (χ1v) is 3.71. The lowest BCUT2D eigenvalue weighted by Crippen LogP contribution is -1.97. The Bertz CT molecular complexity index is 284. The zero-order valence-corrected chi connectivity index (χ0v) is 6.70. The molecule has 1 aromatic rings. The van der Waals surface area contributed by atoms with E-state index in [1.165, 1.54) is 0 Å². The molecule has 0 fully saturated rings. The van der Waals surface area contributed by atoms with Gasteiger partial charge in [0.1, 0.15) is 6.10 Å². The van der Waals surface area contributed by atoms with Crippen molar-refractivity contribution in [2.75, 3.05) is 0 Å². The summed E-state index contributed by atoms with van der Waals surface area (Å²) >= 11 is 0. The first kappa shape index (κ1) is 8.79. The molecule has 0 aliphatic heterocycles. The second-order valence-electron chi connectivity index (χ2n) is 2.51. The highest BCUT2D eigenvalue weighted by Crippen LogP contribution is 2.12. The maximum absolute atomic E-state index is 9.23. The Labute approximate surface area is 72.0 Å². The third-order valence-electron chi connectivity index (χ3n) is 1.69. The second kappa shape index (κ2) is 3.91. The molecule has 0 saturated heterocycles. The molecule has 0 aliphatic carbocycles. The Morgan fingerprint density at radius 2 is 2.00 bits per heavy atom. The van der Waals surface area contributed by atoms with Crippen molar-refractivity contribution < 1.29 is 5.11 Å². The molecule has 2 nitrogen and oxygen atoms in total. The van der Waals surface area contributed by atoms with Crippen LogP contribution < -0.4 is 5.73 Å². The summed E-state index contributed by atoms with van der Waals surface area (Å²) in [5, 5.41) is 9.23. The Morgan fingerprint density at radius 1 is 1.42 bits per heavy atom. The SMILES string of the molecule is C#CC(O)c1ccc(CN)cc1. The Balaban J connectivity index is 2.86. The quantitative estimate of drug-likeness (QED) is 0.630. The van der Waals surface area contributed by atoms with E-state index in [0.717, 1.165) is 11.1 Å². The second-order valence-corrected chi connectivity index (χ2v) is 2.51. The van der Waals surface area contributed by atoms with Crippen LogP contribution in [0.15, 0.2) is 24.3 Å². The largest absolute Gasteiger partial charge is 0.376 e. The molecule has 0 saturated carbocycles. The zero-order valence-electron chi connectivity index (χ0n) is 6.70. The number of hydrogen-bond donors (Lipinski definition) is 2. The minimum atomic E-state index is -0.808. The molecule has 2 heteroatoms. The molecular weight excluding hydrogens is 150 g/mol. The standard InChI is InChI=1S/C10H11NO/c1-2-10(12)9-5-3-8(7-11)4-6-9/h1,3-6,10,12H,7,11H2. The lowest BCUT2D eigenvalue weighted by Gasteiger charge is -2.03. The summed E-state index contributed by atoms with van der Waals surface area (Å²) in [4.78, 5) is 0. The predicted molar refractivity (Wildman–Crippen MR) is 48.1 cm³/mol. The summed E-state index contributed by atoms with van der Waals surface area (Å²) < 4.78 is 0. The van der Waals surface area contributed by atoms with E-state index < -0.39 is 6.10 Å². The molecule has 1 atom stereocenters. The Hall–Kier alpha value is -1.30. The van der Waals surface area contributed by atoms with E-state index in [1.54, 1.807) is 12.1 Å². The third kappa shape index (κ3) is 1.85. The lowest BCUT2D eigenvalue weighted by molar-refractivity contribution is 0.238. The number of aliphatic hydroxyl groups excluding tert-OH is 1. The van der Waals surface area contributed by atoms with Crippen molar-refractivity contribution in [2.24, 2.45) is 5.73 Å². The van der Waals surface area contributed by atoms with Gasteiger partial charge in [-0.2, -0.15) is 0 Å². The number of hydrogen-bond acceptors (Lipinski definition) is 2. The van der Waals surface area contributed by atoms with Gasteiger partial charge in [0.05, 0.1) is 0 Å². The molecular formula is C10H11NO. The fourth-order valence-electron chi connectivity index (χ4n) is 0.932. The first-order chi connectivity index (χ1) is 5.77. The molecule has 0 spiro atoms. The number of terminal acetylenes is 1. The van der Waals surface area contributed by atoms with Crippen molar-refractivity contribution in [3.63, 3.8) is 0 Å². The summed E-state index contributed by atoms with van der Waals surface area (Å²) in [5.41, 5.74) is 7.17. The van der Waals surface area contributed by atoms with Crippen molar-refractivity contribution >= 4 is 0 Å². The van der Waals surface area contributed by atoms with E-state index in [9.17, 15) is 5.11 Å². The van der Waals surface area contributed by atoms with Gasteiger partial charge >= 0.3 is 0 Å². The van der Waals surface area contributed by atoms with Crippen molar-refractivity contribution in [1.29, 1.82) is 0 Å². The van der Waals surface area contributed by atoms with Gasteiger partial charge in [-0.3, -0.25) is 0 Å². The van der Waals surface area contributed by atoms with E-state index in [1.807, 2.05) is 12.1 Å². The monoisotopic (exact) mass is 161 g/mol. The molecule has 0 aromatic heterocycles. The molecule has 62 valence electrons.